The molecule has 0 heterocycles. The summed E-state index contributed by atoms with van der Waals surface area (Å²) in [7, 11) is 0. The summed E-state index contributed by atoms with van der Waals surface area (Å²) in [5, 5.41) is 0. The minimum atomic E-state index is -1.03. The van der Waals surface area contributed by atoms with Crippen LogP contribution in [-0.4, -0.2) is 42.1 Å². The Kier molecular flexibility index (Phi) is 14.3. The number of esters is 4. The van der Waals surface area contributed by atoms with Crippen LogP contribution in [0.15, 0.2) is 18.2 Å². The zero-order chi connectivity index (χ0) is 30.6. The minimum Gasteiger partial charge on any atom is -0.459 e. The lowest BCUT2D eigenvalue weighted by molar-refractivity contribution is -0.167. The Morgan fingerprint density at radius 3 is 1.77 bits per heavy atom. The molecule has 1 aromatic rings. The highest BCUT2D eigenvalue weighted by Crippen LogP contribution is 2.31. The highest BCUT2D eigenvalue weighted by atomic mass is 16.6. The number of carbonyl (C=O) groups is 4. The summed E-state index contributed by atoms with van der Waals surface area (Å²) in [5.41, 5.74) is 6.51. The van der Waals surface area contributed by atoms with Gasteiger partial charge < -0.3 is 24.7 Å². The van der Waals surface area contributed by atoms with Crippen LogP contribution in [0.2, 0.25) is 0 Å². The molecule has 0 aliphatic rings. The van der Waals surface area contributed by atoms with E-state index in [9.17, 15) is 19.2 Å². The largest absolute Gasteiger partial charge is 0.459 e. The maximum atomic E-state index is 12.7. The second-order valence-electron chi connectivity index (χ2n) is 11.9. The summed E-state index contributed by atoms with van der Waals surface area (Å²) >= 11 is 0. The van der Waals surface area contributed by atoms with Gasteiger partial charge in [0.05, 0.1) is 18.3 Å². The first kappa shape index (κ1) is 35.1. The van der Waals surface area contributed by atoms with E-state index in [-0.39, 0.29) is 47.6 Å². The number of carbonyl (C=O) groups excluding carboxylic acids is 4. The average molecular weight is 564 g/mol. The zero-order valence-electron chi connectivity index (χ0n) is 25.7. The number of hydrogen-bond acceptors (Lipinski definition) is 9. The number of hydrogen-bond donors (Lipinski definition) is 1. The van der Waals surface area contributed by atoms with E-state index in [1.807, 2.05) is 34.6 Å². The molecule has 0 aliphatic heterocycles. The van der Waals surface area contributed by atoms with Gasteiger partial charge in [0, 0.05) is 0 Å². The van der Waals surface area contributed by atoms with Crippen LogP contribution < -0.4 is 15.2 Å². The Morgan fingerprint density at radius 2 is 1.27 bits per heavy atom. The average Bonchev–Trinajstić information content (AvgIpc) is 2.84. The summed E-state index contributed by atoms with van der Waals surface area (Å²) in [6.07, 6.45) is 1.94. The highest BCUT2D eigenvalue weighted by molar-refractivity contribution is 5.79. The van der Waals surface area contributed by atoms with Crippen molar-refractivity contribution in [1.82, 2.24) is 0 Å². The van der Waals surface area contributed by atoms with E-state index in [1.54, 1.807) is 39.8 Å². The van der Waals surface area contributed by atoms with Crippen molar-refractivity contribution in [2.75, 3.05) is 0 Å². The Balaban J connectivity index is 2.98. The highest BCUT2D eigenvalue weighted by Gasteiger charge is 2.27. The molecule has 0 radical (unpaired) electrons. The molecule has 0 saturated heterocycles. The molecule has 9 heteroatoms. The van der Waals surface area contributed by atoms with E-state index in [0.29, 0.717) is 18.4 Å². The van der Waals surface area contributed by atoms with E-state index in [2.05, 4.69) is 0 Å². The van der Waals surface area contributed by atoms with Crippen LogP contribution in [-0.2, 0) is 35.1 Å². The fourth-order valence-electron chi connectivity index (χ4n) is 3.84. The van der Waals surface area contributed by atoms with Gasteiger partial charge in [-0.2, -0.15) is 0 Å². The first-order valence-electron chi connectivity index (χ1n) is 14.3. The molecule has 2 N–H and O–H groups in total. The van der Waals surface area contributed by atoms with Crippen LogP contribution in [0, 0.1) is 17.3 Å². The molecule has 0 bridgehead atoms. The zero-order valence-corrected chi connectivity index (χ0v) is 25.7. The second-order valence-corrected chi connectivity index (χ2v) is 11.9. The molecule has 1 rings (SSSR count). The quantitative estimate of drug-likeness (QED) is 0.216. The first-order valence-corrected chi connectivity index (χ1v) is 14.3. The number of ether oxygens (including phenoxy) is 4. The van der Waals surface area contributed by atoms with Crippen molar-refractivity contribution in [3.8, 4) is 11.5 Å². The van der Waals surface area contributed by atoms with Crippen LogP contribution in [0.25, 0.3) is 0 Å². The third-order valence-electron chi connectivity index (χ3n) is 6.39. The molecule has 0 spiro atoms. The van der Waals surface area contributed by atoms with E-state index in [0.717, 1.165) is 12.8 Å². The predicted molar refractivity (Wildman–Crippen MR) is 153 cm³/mol. The molecule has 0 saturated carbocycles. The molecule has 0 aromatic heterocycles. The summed E-state index contributed by atoms with van der Waals surface area (Å²) in [6, 6.07) is 3.72. The van der Waals surface area contributed by atoms with Gasteiger partial charge in [-0.15, -0.1) is 0 Å². The first-order chi connectivity index (χ1) is 18.6. The molecule has 226 valence electrons. The van der Waals surface area contributed by atoms with Gasteiger partial charge in [0.25, 0.3) is 0 Å². The molecule has 0 aliphatic carbocycles. The minimum absolute atomic E-state index is 0.0826. The fraction of sp³-hybridized carbons (Fsp3) is 0.677. The predicted octanol–water partition coefficient (Wildman–Crippen LogP) is 5.54. The van der Waals surface area contributed by atoms with Crippen molar-refractivity contribution in [1.29, 1.82) is 0 Å². The third kappa shape index (κ3) is 12.5. The van der Waals surface area contributed by atoms with Crippen LogP contribution in [0.3, 0.4) is 0 Å². The van der Waals surface area contributed by atoms with Crippen molar-refractivity contribution in [2.24, 2.45) is 23.0 Å². The van der Waals surface area contributed by atoms with Gasteiger partial charge in [-0.1, -0.05) is 67.4 Å². The third-order valence-corrected chi connectivity index (χ3v) is 6.39. The van der Waals surface area contributed by atoms with Gasteiger partial charge in [-0.25, -0.2) is 0 Å². The molecule has 0 fully saturated rings. The smallest absolute Gasteiger partial charge is 0.323 e. The van der Waals surface area contributed by atoms with Gasteiger partial charge in [0.15, 0.2) is 11.5 Å². The van der Waals surface area contributed by atoms with Crippen molar-refractivity contribution >= 4 is 23.9 Å². The van der Waals surface area contributed by atoms with Gasteiger partial charge >= 0.3 is 23.9 Å². The molecule has 40 heavy (non-hydrogen) atoms. The molecular formula is C31H49NO8. The summed E-state index contributed by atoms with van der Waals surface area (Å²) in [5.74, 6) is -2.31. The lowest BCUT2D eigenvalue weighted by Crippen LogP contribution is -2.39. The Morgan fingerprint density at radius 1 is 0.775 bits per heavy atom. The van der Waals surface area contributed by atoms with E-state index in [1.165, 1.54) is 6.07 Å². The lowest BCUT2D eigenvalue weighted by atomic mass is 9.92. The molecule has 5 atom stereocenters. The normalized spacial score (nSPS) is 15.2. The van der Waals surface area contributed by atoms with Gasteiger partial charge in [0.1, 0.15) is 18.2 Å². The van der Waals surface area contributed by atoms with Crippen LogP contribution in [0.5, 0.6) is 11.5 Å². The van der Waals surface area contributed by atoms with Crippen molar-refractivity contribution in [2.45, 2.75) is 119 Å². The topological polar surface area (TPSA) is 131 Å². The molecule has 3 unspecified atom stereocenters. The monoisotopic (exact) mass is 563 g/mol. The van der Waals surface area contributed by atoms with Gasteiger partial charge in [0.2, 0.25) is 0 Å². The maximum Gasteiger partial charge on any atom is 0.323 e. The summed E-state index contributed by atoms with van der Waals surface area (Å²) < 4.78 is 22.1. The van der Waals surface area contributed by atoms with Crippen molar-refractivity contribution < 1.29 is 38.1 Å². The Hall–Kier alpha value is -2.94. The summed E-state index contributed by atoms with van der Waals surface area (Å²) in [4.78, 5) is 50.0. The van der Waals surface area contributed by atoms with Crippen LogP contribution in [0.4, 0.5) is 0 Å². The fourth-order valence-corrected chi connectivity index (χ4v) is 3.84. The Bertz CT molecular complexity index is 1000. The standard InChI is InChI=1S/C31H49NO8/c1-10-12-19(3)28(34)39-25-15-14-23(17-26(25)40-29(35)20(4)13-11-2)16-24(32)30(36)38-22(6)21(5)37-27(33)18-31(7,8)9/h14-15,17,19-22,24H,10-13,16,18,32H2,1-9H3/t19?,20?,21?,22-,24-/m0/s1. The van der Waals surface area contributed by atoms with Crippen LogP contribution in [0.1, 0.15) is 100.0 Å². The second kappa shape index (κ2) is 16.4. The van der Waals surface area contributed by atoms with Gasteiger partial charge in [-0.05, 0) is 56.2 Å². The maximum absolute atomic E-state index is 12.7. The number of rotatable bonds is 15. The van der Waals surface area contributed by atoms with Crippen molar-refractivity contribution in [3.05, 3.63) is 23.8 Å². The number of benzene rings is 1. The van der Waals surface area contributed by atoms with E-state index in [4.69, 9.17) is 24.7 Å². The Labute approximate surface area is 239 Å². The van der Waals surface area contributed by atoms with Crippen LogP contribution >= 0.6 is 0 Å². The summed E-state index contributed by atoms with van der Waals surface area (Å²) in [6.45, 7) is 16.6. The molecule has 1 aromatic carbocycles. The molecular weight excluding hydrogens is 514 g/mol. The van der Waals surface area contributed by atoms with E-state index < -0.39 is 36.2 Å². The van der Waals surface area contributed by atoms with Gasteiger partial charge in [-0.3, -0.25) is 19.2 Å². The molecule has 9 nitrogen and oxygen atoms in total. The SMILES string of the molecule is CCCC(C)C(=O)Oc1ccc(C[C@H](N)C(=O)O[C@@H](C)C(C)OC(=O)CC(C)(C)C)cc1OC(=O)C(C)CCC. The molecule has 0 amide bonds. The van der Waals surface area contributed by atoms with E-state index >= 15 is 0 Å². The lowest BCUT2D eigenvalue weighted by Gasteiger charge is -2.24. The van der Waals surface area contributed by atoms with Crippen molar-refractivity contribution in [3.63, 3.8) is 0 Å². The number of nitrogens with two attached hydrogens (primary N) is 1.